The Morgan fingerprint density at radius 2 is 1.42 bits per heavy atom. The van der Waals surface area contributed by atoms with Gasteiger partial charge < -0.3 is 31.5 Å². The number of benzene rings is 3. The molecule has 3 saturated heterocycles. The third-order valence-electron chi connectivity index (χ3n) is 7.56. The number of Topliss-reactive ketones (excluding diaryl/α,β-unsaturated/α-hetero) is 1. The molecule has 0 aliphatic carbocycles. The second-order valence-corrected chi connectivity index (χ2v) is 10.0. The van der Waals surface area contributed by atoms with Gasteiger partial charge in [-0.05, 0) is 53.4 Å². The molecule has 1 unspecified atom stereocenters. The van der Waals surface area contributed by atoms with Crippen LogP contribution in [0.15, 0.2) is 72.8 Å². The Morgan fingerprint density at radius 3 is 1.97 bits per heavy atom. The number of carbonyl (C=O) groups excluding carboxylic acids is 2. The fourth-order valence-corrected chi connectivity index (χ4v) is 5.69. The first-order valence-corrected chi connectivity index (χ1v) is 12.4. The molecule has 0 saturated carbocycles. The van der Waals surface area contributed by atoms with E-state index in [1.165, 1.54) is 54.6 Å². The molecule has 0 aromatic heterocycles. The number of ether oxygens (including phenoxy) is 1. The molecule has 2 bridgehead atoms. The minimum absolute atomic E-state index is 0. The highest BCUT2D eigenvalue weighted by Crippen LogP contribution is 2.35. The van der Waals surface area contributed by atoms with E-state index < -0.39 is 29.6 Å². The number of nitrogens with zero attached hydrogens (tertiary/aromatic N) is 1. The predicted molar refractivity (Wildman–Crippen MR) is 131 cm³/mol. The number of carbonyl (C=O) groups is 2. The van der Waals surface area contributed by atoms with Crippen molar-refractivity contribution in [3.63, 3.8) is 0 Å². The number of nitrogens with one attached hydrogen (secondary N) is 1. The van der Waals surface area contributed by atoms with Crippen molar-refractivity contribution in [3.05, 3.63) is 107 Å². The van der Waals surface area contributed by atoms with Crippen molar-refractivity contribution >= 4 is 11.9 Å². The Kier molecular flexibility index (Phi) is 8.57. The molecule has 38 heavy (non-hydrogen) atoms. The molecule has 1 N–H and O–H groups in total. The molecule has 6 rings (SSSR count). The van der Waals surface area contributed by atoms with Crippen LogP contribution in [0, 0.1) is 23.4 Å². The highest BCUT2D eigenvalue weighted by molar-refractivity contribution is 5.97. The van der Waals surface area contributed by atoms with Crippen LogP contribution in [0.1, 0.15) is 40.4 Å². The first-order chi connectivity index (χ1) is 17.8. The van der Waals surface area contributed by atoms with E-state index >= 15 is 0 Å². The second-order valence-electron chi connectivity index (χ2n) is 10.0. The monoisotopic (exact) mass is 588 g/mol. The standard InChI is InChI=1S/C29H27F3N2O3.BrH/c30-23-7-1-4-20(14-23)27(35)18-34-12-10-19(11-13-34)26(17-34)33-29(36)37-28(21-5-2-8-24(31)15-21)22-6-3-9-25(32)16-22;/h1-9,14-16,19,26,28H,10-13,17-18H2;1H. The van der Waals surface area contributed by atoms with Gasteiger partial charge in [0.1, 0.15) is 24.0 Å². The number of rotatable bonds is 7. The molecular formula is C29H28BrF3N2O3. The summed E-state index contributed by atoms with van der Waals surface area (Å²) in [6.45, 7) is 2.42. The van der Waals surface area contributed by atoms with Crippen molar-refractivity contribution in [2.45, 2.75) is 25.0 Å². The van der Waals surface area contributed by atoms with E-state index in [-0.39, 0.29) is 41.3 Å². The van der Waals surface area contributed by atoms with Crippen LogP contribution in [0.5, 0.6) is 0 Å². The SMILES string of the molecule is O=C(NC1C[N+]2(CC(=O)c3cccc(F)c3)CCC1CC2)OC(c1cccc(F)c1)c1cccc(F)c1.[Br-]. The third kappa shape index (κ3) is 6.27. The largest absolute Gasteiger partial charge is 1.00 e. The van der Waals surface area contributed by atoms with Gasteiger partial charge in [-0.2, -0.15) is 0 Å². The van der Waals surface area contributed by atoms with Crippen LogP contribution >= 0.6 is 0 Å². The molecule has 0 radical (unpaired) electrons. The first-order valence-electron chi connectivity index (χ1n) is 12.4. The van der Waals surface area contributed by atoms with Gasteiger partial charge in [0, 0.05) is 18.4 Å². The van der Waals surface area contributed by atoms with Crippen molar-refractivity contribution in [1.82, 2.24) is 5.32 Å². The zero-order valence-corrected chi connectivity index (χ0v) is 22.2. The average Bonchev–Trinajstić information content (AvgIpc) is 2.88. The van der Waals surface area contributed by atoms with Crippen molar-refractivity contribution < 1.29 is 49.0 Å². The fourth-order valence-electron chi connectivity index (χ4n) is 5.69. The molecule has 3 aromatic carbocycles. The van der Waals surface area contributed by atoms with Gasteiger partial charge in [-0.1, -0.05) is 36.4 Å². The summed E-state index contributed by atoms with van der Waals surface area (Å²) in [5.41, 5.74) is 1.12. The molecule has 200 valence electrons. The summed E-state index contributed by atoms with van der Waals surface area (Å²) in [6.07, 6.45) is 0.00839. The van der Waals surface area contributed by atoms with Gasteiger partial charge in [0.25, 0.3) is 0 Å². The third-order valence-corrected chi connectivity index (χ3v) is 7.56. The van der Waals surface area contributed by atoms with E-state index in [0.717, 1.165) is 25.9 Å². The smallest absolute Gasteiger partial charge is 0.408 e. The van der Waals surface area contributed by atoms with E-state index in [2.05, 4.69) is 5.32 Å². The Balaban J connectivity index is 0.00000336. The second kappa shape index (κ2) is 11.7. The average molecular weight is 589 g/mol. The van der Waals surface area contributed by atoms with Crippen LogP contribution in [0.3, 0.4) is 0 Å². The van der Waals surface area contributed by atoms with Gasteiger partial charge in [-0.15, -0.1) is 0 Å². The fraction of sp³-hybridized carbons (Fsp3) is 0.310. The normalized spacial score (nSPS) is 22.0. The molecular weight excluding hydrogens is 561 g/mol. The predicted octanol–water partition coefficient (Wildman–Crippen LogP) is 2.42. The molecule has 3 aromatic rings. The molecule has 3 aliphatic rings. The number of hydrogen-bond donors (Lipinski definition) is 1. The lowest BCUT2D eigenvalue weighted by Crippen LogP contribution is -3.00. The molecule has 3 heterocycles. The summed E-state index contributed by atoms with van der Waals surface area (Å²) in [7, 11) is 0. The molecule has 1 amide bonds. The van der Waals surface area contributed by atoms with E-state index in [0.29, 0.717) is 27.7 Å². The summed E-state index contributed by atoms with van der Waals surface area (Å²) < 4.78 is 47.8. The number of alkyl carbamates (subject to hydrolysis) is 1. The lowest BCUT2D eigenvalue weighted by atomic mass is 9.81. The summed E-state index contributed by atoms with van der Waals surface area (Å²) in [4.78, 5) is 26.0. The van der Waals surface area contributed by atoms with Gasteiger partial charge in [-0.25, -0.2) is 18.0 Å². The molecule has 3 aliphatic heterocycles. The van der Waals surface area contributed by atoms with E-state index in [1.807, 2.05) is 0 Å². The van der Waals surface area contributed by atoms with Crippen LogP contribution in [-0.4, -0.2) is 48.6 Å². The van der Waals surface area contributed by atoms with Gasteiger partial charge >= 0.3 is 6.09 Å². The zero-order chi connectivity index (χ0) is 26.0. The van der Waals surface area contributed by atoms with E-state index in [1.54, 1.807) is 18.2 Å². The van der Waals surface area contributed by atoms with E-state index in [4.69, 9.17) is 4.74 Å². The number of piperidine rings is 3. The lowest BCUT2D eigenvalue weighted by molar-refractivity contribution is -0.936. The first kappa shape index (κ1) is 27.9. The number of amides is 1. The van der Waals surface area contributed by atoms with Crippen LogP contribution < -0.4 is 22.3 Å². The minimum atomic E-state index is -0.995. The highest BCUT2D eigenvalue weighted by Gasteiger charge is 2.47. The van der Waals surface area contributed by atoms with Crippen LogP contribution in [0.4, 0.5) is 18.0 Å². The molecule has 1 atom stereocenters. The quantitative estimate of drug-likeness (QED) is 0.341. The van der Waals surface area contributed by atoms with Crippen LogP contribution in [-0.2, 0) is 4.74 Å². The van der Waals surface area contributed by atoms with Crippen LogP contribution in [0.2, 0.25) is 0 Å². The van der Waals surface area contributed by atoms with E-state index in [9.17, 15) is 22.8 Å². The lowest BCUT2D eigenvalue weighted by Gasteiger charge is -2.52. The van der Waals surface area contributed by atoms with Gasteiger partial charge in [-0.3, -0.25) is 4.79 Å². The van der Waals surface area contributed by atoms with Crippen molar-refractivity contribution in [2.75, 3.05) is 26.2 Å². The molecule has 3 fully saturated rings. The maximum absolute atomic E-state index is 13.9. The number of hydrogen-bond acceptors (Lipinski definition) is 3. The van der Waals surface area contributed by atoms with Gasteiger partial charge in [0.05, 0.1) is 25.7 Å². The maximum Gasteiger partial charge on any atom is 0.408 e. The Bertz CT molecular complexity index is 1270. The minimum Gasteiger partial charge on any atom is -1.00 e. The van der Waals surface area contributed by atoms with Gasteiger partial charge in [0.15, 0.2) is 6.10 Å². The zero-order valence-electron chi connectivity index (χ0n) is 20.6. The summed E-state index contributed by atoms with van der Waals surface area (Å²) >= 11 is 0. The van der Waals surface area contributed by atoms with Crippen molar-refractivity contribution in [2.24, 2.45) is 5.92 Å². The maximum atomic E-state index is 13.9. The highest BCUT2D eigenvalue weighted by atomic mass is 79.9. The molecule has 9 heteroatoms. The number of quaternary nitrogens is 1. The topological polar surface area (TPSA) is 55.4 Å². The number of fused-ring (bicyclic) bond motifs is 3. The summed E-state index contributed by atoms with van der Waals surface area (Å²) in [5, 5.41) is 2.96. The molecule has 0 spiro atoms. The van der Waals surface area contributed by atoms with Crippen LogP contribution in [0.25, 0.3) is 0 Å². The Labute approximate surface area is 230 Å². The van der Waals surface area contributed by atoms with Crippen molar-refractivity contribution in [3.8, 4) is 0 Å². The number of ketones is 1. The Hall–Kier alpha value is -3.17. The molecule has 5 nitrogen and oxygen atoms in total. The summed E-state index contributed by atoms with van der Waals surface area (Å²) in [5.74, 6) is -1.31. The number of halogens is 4. The summed E-state index contributed by atoms with van der Waals surface area (Å²) in [6, 6.07) is 16.8. The van der Waals surface area contributed by atoms with Gasteiger partial charge in [0.2, 0.25) is 5.78 Å². The Morgan fingerprint density at radius 1 is 0.868 bits per heavy atom. The van der Waals surface area contributed by atoms with Crippen molar-refractivity contribution in [1.29, 1.82) is 0 Å².